The molecule has 1 nitrogen and oxygen atoms in total. The Kier molecular flexibility index (Phi) is 7.34. The van der Waals surface area contributed by atoms with Crippen molar-refractivity contribution in [2.24, 2.45) is 0 Å². The summed E-state index contributed by atoms with van der Waals surface area (Å²) >= 11 is 8.18. The lowest BCUT2D eigenvalue weighted by Gasteiger charge is -2.12. The van der Waals surface area contributed by atoms with Gasteiger partial charge < -0.3 is 0 Å². The van der Waals surface area contributed by atoms with Gasteiger partial charge in [-0.25, -0.2) is 0 Å². The number of aryl methyl sites for hydroxylation is 1. The number of allylic oxidation sites excluding steroid dienone is 1. The van der Waals surface area contributed by atoms with Gasteiger partial charge in [0, 0.05) is 32.4 Å². The van der Waals surface area contributed by atoms with Crippen molar-refractivity contribution >= 4 is 34.2 Å². The summed E-state index contributed by atoms with van der Waals surface area (Å²) in [5, 5.41) is 0.798. The first-order valence-corrected chi connectivity index (χ1v) is 9.87. The van der Waals surface area contributed by atoms with E-state index in [2.05, 4.69) is 26.0 Å². The van der Waals surface area contributed by atoms with Crippen LogP contribution in [0, 0.1) is 6.92 Å². The normalized spacial score (nSPS) is 10.6. The zero-order chi connectivity index (χ0) is 18.4. The molecule has 0 atom stereocenters. The predicted molar refractivity (Wildman–Crippen MR) is 110 cm³/mol. The van der Waals surface area contributed by atoms with Gasteiger partial charge in [-0.3, -0.25) is 4.79 Å². The van der Waals surface area contributed by atoms with Crippen LogP contribution in [0.3, 0.4) is 0 Å². The quantitative estimate of drug-likeness (QED) is 0.467. The first-order valence-electron chi connectivity index (χ1n) is 8.68. The molecule has 132 valence electrons. The highest BCUT2D eigenvalue weighted by molar-refractivity contribution is 7.99. The lowest BCUT2D eigenvalue weighted by molar-refractivity contribution is 0.0979. The number of halogens is 1. The molecule has 0 fully saturated rings. The van der Waals surface area contributed by atoms with Crippen LogP contribution in [0.4, 0.5) is 0 Å². The van der Waals surface area contributed by atoms with Gasteiger partial charge in [-0.05, 0) is 51.0 Å². The predicted octanol–water partition coefficient (Wildman–Crippen LogP) is 7.51. The fourth-order valence-corrected chi connectivity index (χ4v) is 3.78. The maximum atomic E-state index is 12.2. The van der Waals surface area contributed by atoms with Crippen molar-refractivity contribution in [2.45, 2.75) is 56.7 Å². The molecule has 2 rings (SSSR count). The Morgan fingerprint density at radius 3 is 2.44 bits per heavy atom. The van der Waals surface area contributed by atoms with Crippen molar-refractivity contribution in [1.82, 2.24) is 0 Å². The third kappa shape index (κ3) is 5.23. The Hall–Kier alpha value is -1.51. The zero-order valence-corrected chi connectivity index (χ0v) is 16.9. The van der Waals surface area contributed by atoms with Gasteiger partial charge in [-0.2, -0.15) is 0 Å². The van der Waals surface area contributed by atoms with E-state index < -0.39 is 0 Å². The number of rotatable bonds is 7. The van der Waals surface area contributed by atoms with E-state index in [1.54, 1.807) is 11.8 Å². The lowest BCUT2D eigenvalue weighted by atomic mass is 10.0. The second kappa shape index (κ2) is 9.26. The highest BCUT2D eigenvalue weighted by atomic mass is 35.5. The molecule has 0 aliphatic heterocycles. The van der Waals surface area contributed by atoms with Crippen LogP contribution in [0.25, 0.3) is 5.03 Å². The Morgan fingerprint density at radius 1 is 1.08 bits per heavy atom. The van der Waals surface area contributed by atoms with Gasteiger partial charge in [0.05, 0.1) is 0 Å². The maximum absolute atomic E-state index is 12.2. The number of benzene rings is 2. The van der Waals surface area contributed by atoms with E-state index in [-0.39, 0.29) is 5.78 Å². The molecule has 0 amide bonds. The minimum atomic E-state index is 0.231. The summed E-state index contributed by atoms with van der Waals surface area (Å²) in [4.78, 5) is 14.5. The molecular formula is C22H25ClOS. The fourth-order valence-electron chi connectivity index (χ4n) is 2.54. The molecular weight excluding hydrogens is 348 g/mol. The topological polar surface area (TPSA) is 17.1 Å². The molecule has 2 aromatic carbocycles. The van der Waals surface area contributed by atoms with E-state index in [9.17, 15) is 4.79 Å². The first-order chi connectivity index (χ1) is 11.9. The van der Waals surface area contributed by atoms with Gasteiger partial charge in [0.25, 0.3) is 0 Å². The molecule has 0 aliphatic rings. The Bertz CT molecular complexity index is 788. The molecule has 0 heterocycles. The van der Waals surface area contributed by atoms with E-state index in [1.165, 1.54) is 0 Å². The summed E-state index contributed by atoms with van der Waals surface area (Å²) in [7, 11) is 0. The molecule has 25 heavy (non-hydrogen) atoms. The molecule has 0 bridgehead atoms. The van der Waals surface area contributed by atoms with Crippen LogP contribution in [0.1, 0.15) is 61.5 Å². The van der Waals surface area contributed by atoms with Crippen molar-refractivity contribution in [3.8, 4) is 0 Å². The van der Waals surface area contributed by atoms with Gasteiger partial charge in [-0.1, -0.05) is 66.5 Å². The average molecular weight is 373 g/mol. The minimum absolute atomic E-state index is 0.231. The summed E-state index contributed by atoms with van der Waals surface area (Å²) < 4.78 is 0. The number of ketones is 1. The molecule has 0 aliphatic carbocycles. The monoisotopic (exact) mass is 372 g/mol. The second-order valence-corrected chi connectivity index (χ2v) is 7.88. The summed E-state index contributed by atoms with van der Waals surface area (Å²) in [5.74, 6) is 0.231. The largest absolute Gasteiger partial charge is 0.294 e. The Balaban J connectivity index is 2.28. The molecule has 0 N–H and O–H groups in total. The van der Waals surface area contributed by atoms with Crippen molar-refractivity contribution in [3.63, 3.8) is 0 Å². The van der Waals surface area contributed by atoms with E-state index in [0.29, 0.717) is 6.42 Å². The highest BCUT2D eigenvalue weighted by Gasteiger charge is 2.12. The lowest BCUT2D eigenvalue weighted by Crippen LogP contribution is -1.99. The van der Waals surface area contributed by atoms with Gasteiger partial charge >= 0.3 is 0 Å². The molecule has 0 unspecified atom stereocenters. The van der Waals surface area contributed by atoms with Crippen LogP contribution in [-0.4, -0.2) is 5.78 Å². The maximum Gasteiger partial charge on any atom is 0.162 e. The first kappa shape index (κ1) is 19.8. The summed E-state index contributed by atoms with van der Waals surface area (Å²) in [6.07, 6.45) is 2.62. The van der Waals surface area contributed by atoms with Crippen LogP contribution >= 0.6 is 23.4 Å². The standard InChI is InChI=1S/C22H25ClOS/c1-5-6-10-19(24)17-12-13-20(16(4)14-17)25-21-11-8-7-9-18(21)22(23)15(2)3/h7-9,11-14H,5-6,10H2,1-4H3. The third-order valence-corrected chi connectivity index (χ3v) is 5.87. The number of unbranched alkanes of at least 4 members (excludes halogenated alkanes) is 1. The molecule has 3 heteroatoms. The Labute approximate surface area is 160 Å². The van der Waals surface area contributed by atoms with Crippen molar-refractivity contribution in [1.29, 1.82) is 0 Å². The van der Waals surface area contributed by atoms with E-state index in [4.69, 9.17) is 11.6 Å². The summed E-state index contributed by atoms with van der Waals surface area (Å²) in [5.41, 5.74) is 4.08. The van der Waals surface area contributed by atoms with Crippen LogP contribution in [-0.2, 0) is 0 Å². The van der Waals surface area contributed by atoms with Crippen molar-refractivity contribution < 1.29 is 4.79 Å². The van der Waals surface area contributed by atoms with Gasteiger partial charge in [-0.15, -0.1) is 0 Å². The minimum Gasteiger partial charge on any atom is -0.294 e. The van der Waals surface area contributed by atoms with Crippen molar-refractivity contribution in [2.75, 3.05) is 0 Å². The molecule has 0 saturated carbocycles. The van der Waals surface area contributed by atoms with E-state index >= 15 is 0 Å². The number of hydrogen-bond donors (Lipinski definition) is 0. The van der Waals surface area contributed by atoms with E-state index in [0.717, 1.165) is 49.9 Å². The molecule has 2 aromatic rings. The van der Waals surface area contributed by atoms with Crippen molar-refractivity contribution in [3.05, 3.63) is 64.7 Å². The Morgan fingerprint density at radius 2 is 1.80 bits per heavy atom. The molecule has 0 aromatic heterocycles. The highest BCUT2D eigenvalue weighted by Crippen LogP contribution is 2.37. The number of carbonyl (C=O) groups is 1. The van der Waals surface area contributed by atoms with Gasteiger partial charge in [0.1, 0.15) is 0 Å². The molecule has 0 saturated heterocycles. The number of Topliss-reactive ketones (excluding diaryl/α,β-unsaturated/α-hetero) is 1. The van der Waals surface area contributed by atoms with Crippen LogP contribution in [0.15, 0.2) is 57.8 Å². The number of hydrogen-bond acceptors (Lipinski definition) is 2. The van der Waals surface area contributed by atoms with Crippen LogP contribution in [0.2, 0.25) is 0 Å². The third-order valence-electron chi connectivity index (χ3n) is 4.04. The summed E-state index contributed by atoms with van der Waals surface area (Å²) in [6.45, 7) is 8.20. The average Bonchev–Trinajstić information content (AvgIpc) is 2.61. The fraction of sp³-hybridized carbons (Fsp3) is 0.318. The van der Waals surface area contributed by atoms with E-state index in [1.807, 2.05) is 44.2 Å². The second-order valence-electron chi connectivity index (χ2n) is 6.42. The molecule has 0 radical (unpaired) electrons. The zero-order valence-electron chi connectivity index (χ0n) is 15.4. The van der Waals surface area contributed by atoms with Gasteiger partial charge in [0.15, 0.2) is 5.78 Å². The smallest absolute Gasteiger partial charge is 0.162 e. The SMILES string of the molecule is CCCCC(=O)c1ccc(Sc2ccccc2C(Cl)=C(C)C)c(C)c1. The van der Waals surface area contributed by atoms with Crippen LogP contribution < -0.4 is 0 Å². The number of carbonyl (C=O) groups excluding carboxylic acids is 1. The molecule has 0 spiro atoms. The van der Waals surface area contributed by atoms with Crippen LogP contribution in [0.5, 0.6) is 0 Å². The van der Waals surface area contributed by atoms with Gasteiger partial charge in [0.2, 0.25) is 0 Å². The summed E-state index contributed by atoms with van der Waals surface area (Å²) in [6, 6.07) is 14.2.